The van der Waals surface area contributed by atoms with Gasteiger partial charge in [0.2, 0.25) is 11.8 Å². The van der Waals surface area contributed by atoms with Crippen molar-refractivity contribution in [3.8, 4) is 17.2 Å². The molecule has 3 heterocycles. The van der Waals surface area contributed by atoms with Crippen LogP contribution in [0.4, 0.5) is 13.2 Å². The summed E-state index contributed by atoms with van der Waals surface area (Å²) >= 11 is 0. The quantitative estimate of drug-likeness (QED) is 0.0715. The van der Waals surface area contributed by atoms with E-state index in [1.165, 1.54) is 45.6 Å². The zero-order valence-corrected chi connectivity index (χ0v) is 45.4. The SMILES string of the molecule is C.C.C.CC(C)(C)OC(=O)CCC(N)C(N)=O.COc1cc(F)cc2nc(C)n(C(CCC(=O)OC(C)(C)C)C(N)=O)c(=O)c12.COc1cc(F)cc2nc(C)oc(=O)c12.Cc1nc2cc(F)cc(O)c2c(=O)n1C1CCC(=O)CC1=O. The fourth-order valence-corrected chi connectivity index (χ4v) is 8.03. The lowest BCUT2D eigenvalue weighted by atomic mass is 9.92. The molecule has 1 aliphatic rings. The highest BCUT2D eigenvalue weighted by atomic mass is 19.1. The summed E-state index contributed by atoms with van der Waals surface area (Å²) in [5, 5.41) is 9.88. The van der Waals surface area contributed by atoms with Crippen molar-refractivity contribution in [2.24, 2.45) is 17.2 Å². The van der Waals surface area contributed by atoms with Gasteiger partial charge in [-0.15, -0.1) is 0 Å². The van der Waals surface area contributed by atoms with E-state index in [0.717, 1.165) is 34.9 Å². The number of carbonyl (C=O) groups excluding carboxylic acids is 6. The molecule has 0 spiro atoms. The van der Waals surface area contributed by atoms with Crippen molar-refractivity contribution in [2.75, 3.05) is 14.2 Å². The van der Waals surface area contributed by atoms with Gasteiger partial charge in [-0.25, -0.2) is 32.9 Å². The van der Waals surface area contributed by atoms with Crippen LogP contribution in [0, 0.1) is 38.2 Å². The number of primary amides is 2. The third kappa shape index (κ3) is 19.0. The molecule has 1 saturated carbocycles. The summed E-state index contributed by atoms with van der Waals surface area (Å²) in [6, 6.07) is 3.68. The molecular formula is C56H75F3N8O15. The Morgan fingerprint density at radius 3 is 1.62 bits per heavy atom. The number of ketones is 2. The second-order valence-corrected chi connectivity index (χ2v) is 19.9. The minimum absolute atomic E-state index is 0. The Morgan fingerprint density at radius 1 is 0.683 bits per heavy atom. The number of phenolic OH excluding ortho intramolecular Hbond substituents is 1. The minimum atomic E-state index is -1.12. The van der Waals surface area contributed by atoms with Gasteiger partial charge in [-0.1, -0.05) is 22.3 Å². The zero-order valence-electron chi connectivity index (χ0n) is 45.4. The first-order chi connectivity index (χ1) is 36.7. The molecule has 2 amide bonds. The van der Waals surface area contributed by atoms with Gasteiger partial charge >= 0.3 is 17.6 Å². The van der Waals surface area contributed by atoms with Gasteiger partial charge in [0.1, 0.15) is 85.5 Å². The lowest BCUT2D eigenvalue weighted by molar-refractivity contribution is -0.156. The minimum Gasteiger partial charge on any atom is -0.507 e. The first kappa shape index (κ1) is 71.5. The number of ether oxygens (including phenoxy) is 4. The molecule has 26 heteroatoms. The van der Waals surface area contributed by atoms with E-state index in [2.05, 4.69) is 15.0 Å². The number of carbonyl (C=O) groups is 6. The summed E-state index contributed by atoms with van der Waals surface area (Å²) in [6.07, 6.45) is 0.427. The molecule has 450 valence electrons. The van der Waals surface area contributed by atoms with Crippen molar-refractivity contribution in [1.29, 1.82) is 0 Å². The third-order valence-electron chi connectivity index (χ3n) is 11.3. The number of aromatic nitrogens is 5. The van der Waals surface area contributed by atoms with Gasteiger partial charge in [0.05, 0.1) is 49.3 Å². The molecule has 1 fully saturated rings. The smallest absolute Gasteiger partial charge is 0.350 e. The van der Waals surface area contributed by atoms with Crippen molar-refractivity contribution in [2.45, 2.75) is 159 Å². The van der Waals surface area contributed by atoms with Crippen LogP contribution >= 0.6 is 0 Å². The zero-order chi connectivity index (χ0) is 59.6. The Labute approximate surface area is 471 Å². The standard InChI is InChI=1S/C19H24FN3O5.C15H13FN2O4.C10H8FNO3.C9H18N2O3.3CH4/c1-10-22-12-8-11(20)9-14(27-5)16(12)18(26)23(10)13(17(21)25)6-7-15(24)28-19(2,3)4;1-7-17-10-4-8(16)5-13(21)14(10)15(22)18(7)11-3-2-9(19)6-12(11)20;1-5-12-7-3-6(11)4-8(14-2)9(7)10(13)15-5;1-9(2,3)14-7(12)5-4-6(10)8(11)13;;;/h8-9,13H,6-7H2,1-5H3,(H2,21,25);4-5,11,21H,2-3,6H2,1H3;3-4H,1-2H3;6H,4-5,10H2,1-3H3,(H2,11,13);3*1H4. The number of rotatable bonds is 12. The Kier molecular flexibility index (Phi) is 26.0. The largest absolute Gasteiger partial charge is 0.507 e. The van der Waals surface area contributed by atoms with Crippen LogP contribution < -0.4 is 43.4 Å². The predicted octanol–water partition coefficient (Wildman–Crippen LogP) is 6.89. The van der Waals surface area contributed by atoms with Crippen LogP contribution in [0.1, 0.15) is 138 Å². The van der Waals surface area contributed by atoms with Gasteiger partial charge in [0.15, 0.2) is 11.7 Å². The molecule has 6 aromatic rings. The van der Waals surface area contributed by atoms with Crippen LogP contribution in [0.25, 0.3) is 32.7 Å². The number of fused-ring (bicyclic) bond motifs is 3. The number of halogens is 3. The average Bonchev–Trinajstić information content (AvgIpc) is 3.36. The van der Waals surface area contributed by atoms with E-state index in [4.69, 9.17) is 40.6 Å². The highest BCUT2D eigenvalue weighted by molar-refractivity contribution is 6.03. The summed E-state index contributed by atoms with van der Waals surface area (Å²) in [5.74, 6) is -4.36. The van der Waals surface area contributed by atoms with E-state index < -0.39 is 87.1 Å². The summed E-state index contributed by atoms with van der Waals surface area (Å²) < 4.78 is 67.5. The predicted molar refractivity (Wildman–Crippen MR) is 300 cm³/mol. The van der Waals surface area contributed by atoms with Crippen molar-refractivity contribution in [3.63, 3.8) is 0 Å². The Morgan fingerprint density at radius 2 is 1.15 bits per heavy atom. The molecule has 7 N–H and O–H groups in total. The molecule has 3 aromatic heterocycles. The molecule has 0 aliphatic heterocycles. The molecule has 0 saturated heterocycles. The van der Waals surface area contributed by atoms with Crippen molar-refractivity contribution >= 4 is 68.0 Å². The molecule has 23 nitrogen and oxygen atoms in total. The number of hydrogen-bond donors (Lipinski definition) is 4. The van der Waals surface area contributed by atoms with Gasteiger partial charge in [0.25, 0.3) is 11.1 Å². The van der Waals surface area contributed by atoms with Crippen LogP contribution in [0.2, 0.25) is 0 Å². The van der Waals surface area contributed by atoms with Gasteiger partial charge in [-0.05, 0) is 74.7 Å². The van der Waals surface area contributed by atoms with Gasteiger partial charge in [-0.2, -0.15) is 0 Å². The number of hydrogen-bond acceptors (Lipinski definition) is 19. The Bertz CT molecular complexity index is 3510. The highest BCUT2D eigenvalue weighted by Gasteiger charge is 2.32. The van der Waals surface area contributed by atoms with Crippen molar-refractivity contribution in [3.05, 3.63) is 103 Å². The monoisotopic (exact) mass is 1160 g/mol. The van der Waals surface area contributed by atoms with E-state index in [9.17, 15) is 61.4 Å². The van der Waals surface area contributed by atoms with E-state index in [-0.39, 0.29) is 147 Å². The van der Waals surface area contributed by atoms with Crippen LogP contribution in [0.15, 0.2) is 55.2 Å². The number of aromatic hydroxyl groups is 1. The van der Waals surface area contributed by atoms with Gasteiger partial charge < -0.3 is 45.7 Å². The first-order valence-electron chi connectivity index (χ1n) is 24.3. The molecule has 82 heavy (non-hydrogen) atoms. The summed E-state index contributed by atoms with van der Waals surface area (Å²) in [7, 11) is 2.65. The van der Waals surface area contributed by atoms with Gasteiger partial charge in [0, 0.05) is 62.6 Å². The topological polar surface area (TPSA) is 351 Å². The Balaban J connectivity index is 0.000000560. The normalized spacial score (nSPS) is 13.6. The van der Waals surface area contributed by atoms with Crippen LogP contribution in [0.3, 0.4) is 0 Å². The van der Waals surface area contributed by atoms with Crippen LogP contribution in [0.5, 0.6) is 17.2 Å². The molecule has 0 bridgehead atoms. The number of nitrogens with zero attached hydrogens (tertiary/aromatic N) is 5. The lowest BCUT2D eigenvalue weighted by Gasteiger charge is -2.24. The number of amides is 2. The molecule has 1 aliphatic carbocycles. The molecular weight excluding hydrogens is 1080 g/mol. The highest BCUT2D eigenvalue weighted by Crippen LogP contribution is 2.29. The number of phenols is 1. The number of nitrogens with two attached hydrogens (primary N) is 3. The maximum Gasteiger partial charge on any atom is 0.350 e. The third-order valence-corrected chi connectivity index (χ3v) is 11.3. The van der Waals surface area contributed by atoms with Crippen LogP contribution in [-0.2, 0) is 38.2 Å². The van der Waals surface area contributed by atoms with Gasteiger partial charge in [-0.3, -0.25) is 47.5 Å². The molecule has 7 rings (SSSR count). The molecule has 3 aromatic carbocycles. The Hall–Kier alpha value is -8.55. The molecule has 3 atom stereocenters. The summed E-state index contributed by atoms with van der Waals surface area (Å²) in [4.78, 5) is 119. The average molecular weight is 1160 g/mol. The number of benzene rings is 3. The second-order valence-electron chi connectivity index (χ2n) is 19.9. The fourth-order valence-electron chi connectivity index (χ4n) is 8.03. The lowest BCUT2D eigenvalue weighted by Crippen LogP contribution is -2.37. The maximum absolute atomic E-state index is 13.7. The van der Waals surface area contributed by atoms with E-state index in [1.807, 2.05) is 0 Å². The number of methoxy groups -OCH3 is 2. The van der Waals surface area contributed by atoms with Crippen LogP contribution in [-0.4, -0.2) is 96.0 Å². The van der Waals surface area contributed by atoms with E-state index >= 15 is 0 Å². The second kappa shape index (κ2) is 29.8. The van der Waals surface area contributed by atoms with E-state index in [1.54, 1.807) is 41.5 Å². The number of Topliss-reactive ketones (excluding diaryl/α,β-unsaturated/α-hetero) is 2. The van der Waals surface area contributed by atoms with E-state index in [0.29, 0.717) is 0 Å². The number of aryl methyl sites for hydroxylation is 3. The first-order valence-corrected chi connectivity index (χ1v) is 24.3. The van der Waals surface area contributed by atoms with Crippen molar-refractivity contribution in [1.82, 2.24) is 24.1 Å². The summed E-state index contributed by atoms with van der Waals surface area (Å²) in [6.45, 7) is 15.1. The fraction of sp³-hybridized carbons (Fsp3) is 0.464. The van der Waals surface area contributed by atoms with Crippen molar-refractivity contribution < 1.29 is 70.4 Å². The molecule has 0 radical (unpaired) electrons. The number of esters is 2. The maximum atomic E-state index is 13.7. The molecule has 3 unspecified atom stereocenters. The summed E-state index contributed by atoms with van der Waals surface area (Å²) in [5.41, 5.74) is 13.2.